The predicted molar refractivity (Wildman–Crippen MR) is 82.4 cm³/mol. The number of thioether (sulfide) groups is 1. The number of alkyl halides is 3. The molecule has 0 spiro atoms. The molecule has 1 aromatic heterocycles. The first-order chi connectivity index (χ1) is 9.88. The van der Waals surface area contributed by atoms with Crippen LogP contribution in [0, 0.1) is 0 Å². The van der Waals surface area contributed by atoms with Crippen molar-refractivity contribution in [3.05, 3.63) is 51.9 Å². The minimum absolute atomic E-state index is 0.335. The molecule has 0 saturated heterocycles. The molecule has 0 aliphatic rings. The molecule has 0 radical (unpaired) electrons. The van der Waals surface area contributed by atoms with Crippen LogP contribution in [-0.4, -0.2) is 6.26 Å². The number of hydrogen-bond donors (Lipinski definition) is 1. The van der Waals surface area contributed by atoms with E-state index in [9.17, 15) is 13.2 Å². The molecule has 0 aliphatic carbocycles. The highest BCUT2D eigenvalue weighted by Gasteiger charge is 2.31. The molecule has 1 aromatic carbocycles. The smallest absolute Gasteiger partial charge is 0.416 e. The Bertz CT molecular complexity index is 613. The number of rotatable bonds is 5. The summed E-state index contributed by atoms with van der Waals surface area (Å²) in [7, 11) is 0. The average Bonchev–Trinajstić information content (AvgIpc) is 2.83. The molecule has 1 heterocycles. The number of hydrogen-bond acceptors (Lipinski definition) is 3. The first-order valence-corrected chi connectivity index (χ1v) is 8.25. The van der Waals surface area contributed by atoms with E-state index in [0.717, 1.165) is 23.6 Å². The van der Waals surface area contributed by atoms with Crippen molar-refractivity contribution in [1.29, 1.82) is 0 Å². The van der Waals surface area contributed by atoms with Gasteiger partial charge in [0.05, 0.1) is 17.9 Å². The third-order valence-corrected chi connectivity index (χ3v) is 3.73. The average molecular weight is 380 g/mol. The summed E-state index contributed by atoms with van der Waals surface area (Å²) in [6.07, 6.45) is -2.39. The Morgan fingerprint density at radius 1 is 1.19 bits per heavy atom. The standard InChI is InChI=1S/C14H13BrF3NOS/c1-21-8-13-3-2-12(20-13)7-19-11-5-9(14(16,17)18)4-10(15)6-11/h2-6,19H,7-8H2,1H3. The van der Waals surface area contributed by atoms with Gasteiger partial charge in [0.2, 0.25) is 0 Å². The van der Waals surface area contributed by atoms with Crippen LogP contribution in [0.15, 0.2) is 39.2 Å². The Kier molecular flexibility index (Phi) is 5.27. The van der Waals surface area contributed by atoms with Gasteiger partial charge < -0.3 is 9.73 Å². The van der Waals surface area contributed by atoms with Gasteiger partial charge >= 0.3 is 6.18 Å². The zero-order valence-electron chi connectivity index (χ0n) is 11.1. The van der Waals surface area contributed by atoms with Crippen LogP contribution in [0.2, 0.25) is 0 Å². The van der Waals surface area contributed by atoms with Gasteiger partial charge in [0.15, 0.2) is 0 Å². The topological polar surface area (TPSA) is 25.2 Å². The zero-order valence-corrected chi connectivity index (χ0v) is 13.5. The molecule has 0 aliphatic heterocycles. The van der Waals surface area contributed by atoms with E-state index >= 15 is 0 Å². The quantitative estimate of drug-likeness (QED) is 0.738. The van der Waals surface area contributed by atoms with Gasteiger partial charge in [0.25, 0.3) is 0 Å². The van der Waals surface area contributed by atoms with Crippen molar-refractivity contribution in [2.24, 2.45) is 0 Å². The van der Waals surface area contributed by atoms with E-state index < -0.39 is 11.7 Å². The molecule has 0 amide bonds. The number of halogens is 4. The summed E-state index contributed by atoms with van der Waals surface area (Å²) >= 11 is 4.73. The van der Waals surface area contributed by atoms with Gasteiger partial charge in [-0.1, -0.05) is 15.9 Å². The fourth-order valence-electron chi connectivity index (χ4n) is 1.78. The van der Waals surface area contributed by atoms with Gasteiger partial charge in [-0.3, -0.25) is 0 Å². The molecular formula is C14H13BrF3NOS. The monoisotopic (exact) mass is 379 g/mol. The van der Waals surface area contributed by atoms with E-state index in [0.29, 0.717) is 22.5 Å². The molecule has 0 saturated carbocycles. The number of furan rings is 1. The molecule has 114 valence electrons. The predicted octanol–water partition coefficient (Wildman–Crippen LogP) is 5.54. The minimum Gasteiger partial charge on any atom is -0.463 e. The summed E-state index contributed by atoms with van der Waals surface area (Å²) in [4.78, 5) is 0. The lowest BCUT2D eigenvalue weighted by Gasteiger charge is -2.11. The summed E-state index contributed by atoms with van der Waals surface area (Å²) in [5, 5.41) is 2.94. The van der Waals surface area contributed by atoms with E-state index in [1.54, 1.807) is 17.8 Å². The normalized spacial score (nSPS) is 11.7. The third kappa shape index (κ3) is 4.71. The summed E-state index contributed by atoms with van der Waals surface area (Å²) in [5.41, 5.74) is -0.304. The Morgan fingerprint density at radius 2 is 1.90 bits per heavy atom. The van der Waals surface area contributed by atoms with E-state index in [1.165, 1.54) is 0 Å². The fraction of sp³-hybridized carbons (Fsp3) is 0.286. The largest absolute Gasteiger partial charge is 0.463 e. The van der Waals surface area contributed by atoms with Crippen LogP contribution >= 0.6 is 27.7 Å². The van der Waals surface area contributed by atoms with Gasteiger partial charge in [0.1, 0.15) is 11.5 Å². The van der Waals surface area contributed by atoms with Crippen LogP contribution in [-0.2, 0) is 18.5 Å². The lowest BCUT2D eigenvalue weighted by molar-refractivity contribution is -0.137. The SMILES string of the molecule is CSCc1ccc(CNc2cc(Br)cc(C(F)(F)F)c2)o1. The van der Waals surface area contributed by atoms with Crippen LogP contribution in [0.1, 0.15) is 17.1 Å². The molecular weight excluding hydrogens is 367 g/mol. The second kappa shape index (κ2) is 6.79. The van der Waals surface area contributed by atoms with E-state index in [2.05, 4.69) is 21.2 Å². The van der Waals surface area contributed by atoms with Crippen molar-refractivity contribution in [1.82, 2.24) is 0 Å². The second-order valence-electron chi connectivity index (χ2n) is 4.38. The molecule has 2 nitrogen and oxygen atoms in total. The number of nitrogens with one attached hydrogen (secondary N) is 1. The van der Waals surface area contributed by atoms with Gasteiger partial charge in [-0.2, -0.15) is 24.9 Å². The van der Waals surface area contributed by atoms with Gasteiger partial charge in [-0.05, 0) is 36.6 Å². The summed E-state index contributed by atoms with van der Waals surface area (Å²) < 4.78 is 44.1. The second-order valence-corrected chi connectivity index (χ2v) is 6.16. The maximum Gasteiger partial charge on any atom is 0.416 e. The maximum atomic E-state index is 12.7. The van der Waals surface area contributed by atoms with Gasteiger partial charge in [-0.15, -0.1) is 0 Å². The van der Waals surface area contributed by atoms with Crippen molar-refractivity contribution in [2.75, 3.05) is 11.6 Å². The fourth-order valence-corrected chi connectivity index (χ4v) is 2.71. The summed E-state index contributed by atoms with van der Waals surface area (Å²) in [6, 6.07) is 7.42. The molecule has 0 bridgehead atoms. The molecule has 2 aromatic rings. The summed E-state index contributed by atoms with van der Waals surface area (Å²) in [5.74, 6) is 2.31. The Labute approximate surface area is 133 Å². The molecule has 7 heteroatoms. The van der Waals surface area contributed by atoms with Crippen molar-refractivity contribution in [2.45, 2.75) is 18.5 Å². The van der Waals surface area contributed by atoms with Crippen molar-refractivity contribution >= 4 is 33.4 Å². The Morgan fingerprint density at radius 3 is 2.57 bits per heavy atom. The van der Waals surface area contributed by atoms with E-state index in [-0.39, 0.29) is 0 Å². The van der Waals surface area contributed by atoms with Gasteiger partial charge in [-0.25, -0.2) is 0 Å². The molecule has 0 unspecified atom stereocenters. The zero-order chi connectivity index (χ0) is 15.5. The third-order valence-electron chi connectivity index (χ3n) is 2.70. The van der Waals surface area contributed by atoms with Gasteiger partial charge in [0, 0.05) is 10.2 Å². The Balaban J connectivity index is 2.07. The maximum absolute atomic E-state index is 12.7. The number of anilines is 1. The highest BCUT2D eigenvalue weighted by molar-refractivity contribution is 9.10. The van der Waals surface area contributed by atoms with Crippen molar-refractivity contribution < 1.29 is 17.6 Å². The number of benzene rings is 1. The van der Waals surface area contributed by atoms with Crippen LogP contribution in [0.5, 0.6) is 0 Å². The first-order valence-electron chi connectivity index (χ1n) is 6.06. The van der Waals surface area contributed by atoms with E-state index in [4.69, 9.17) is 4.42 Å². The molecule has 1 N–H and O–H groups in total. The van der Waals surface area contributed by atoms with Crippen LogP contribution in [0.25, 0.3) is 0 Å². The van der Waals surface area contributed by atoms with Crippen LogP contribution < -0.4 is 5.32 Å². The first kappa shape index (κ1) is 16.3. The molecule has 2 rings (SSSR count). The van der Waals surface area contributed by atoms with Crippen LogP contribution in [0.3, 0.4) is 0 Å². The van der Waals surface area contributed by atoms with E-state index in [1.807, 2.05) is 18.4 Å². The minimum atomic E-state index is -4.36. The highest BCUT2D eigenvalue weighted by Crippen LogP contribution is 2.33. The Hall–Kier alpha value is -1.08. The molecule has 0 atom stereocenters. The van der Waals surface area contributed by atoms with Crippen LogP contribution in [0.4, 0.5) is 18.9 Å². The van der Waals surface area contributed by atoms with Crippen molar-refractivity contribution in [3.8, 4) is 0 Å². The molecule has 0 fully saturated rings. The lowest BCUT2D eigenvalue weighted by atomic mass is 10.2. The van der Waals surface area contributed by atoms with Crippen molar-refractivity contribution in [3.63, 3.8) is 0 Å². The highest BCUT2D eigenvalue weighted by atomic mass is 79.9. The summed E-state index contributed by atoms with van der Waals surface area (Å²) in [6.45, 7) is 0.335. The lowest BCUT2D eigenvalue weighted by Crippen LogP contribution is -2.06. The molecule has 21 heavy (non-hydrogen) atoms.